The summed E-state index contributed by atoms with van der Waals surface area (Å²) in [6.07, 6.45) is 21.6. The van der Waals surface area contributed by atoms with Crippen molar-refractivity contribution in [1.82, 2.24) is 0 Å². The third-order valence-electron chi connectivity index (χ3n) is 10.9. The highest BCUT2D eigenvalue weighted by Crippen LogP contribution is 2.55. The van der Waals surface area contributed by atoms with Crippen molar-refractivity contribution >= 4 is 33.7 Å². The van der Waals surface area contributed by atoms with Crippen molar-refractivity contribution in [3.8, 4) is 22.3 Å². The topological polar surface area (TPSA) is 0 Å². The number of hydrogen-bond acceptors (Lipinski definition) is 1. The van der Waals surface area contributed by atoms with Crippen molar-refractivity contribution in [3.05, 3.63) is 142 Å². The predicted octanol–water partition coefficient (Wildman–Crippen LogP) is 12.1. The molecule has 0 aromatic heterocycles. The van der Waals surface area contributed by atoms with Crippen molar-refractivity contribution in [2.75, 3.05) is 0 Å². The Balaban J connectivity index is 1.08. The largest absolute Gasteiger partial charge is 0.117 e. The Morgan fingerprint density at radius 3 is 2.32 bits per heavy atom. The molecule has 44 heavy (non-hydrogen) atoms. The van der Waals surface area contributed by atoms with Crippen molar-refractivity contribution in [1.29, 1.82) is 0 Å². The first-order valence-electron chi connectivity index (χ1n) is 16.5. The second-order valence-electron chi connectivity index (χ2n) is 13.7. The average molecular weight is 587 g/mol. The third kappa shape index (κ3) is 3.98. The van der Waals surface area contributed by atoms with Crippen LogP contribution in [0.15, 0.2) is 120 Å². The lowest BCUT2D eigenvalue weighted by atomic mass is 9.78. The fourth-order valence-corrected chi connectivity index (χ4v) is 10.3. The Kier molecular flexibility index (Phi) is 6.11. The molecule has 216 valence electrons. The molecule has 0 saturated heterocycles. The van der Waals surface area contributed by atoms with Crippen LogP contribution in [-0.4, -0.2) is 5.25 Å². The monoisotopic (exact) mass is 586 g/mol. The normalized spacial score (nSPS) is 22.8. The number of thioether (sulfide) groups is 1. The van der Waals surface area contributed by atoms with E-state index in [1.807, 2.05) is 0 Å². The highest BCUT2D eigenvalue weighted by atomic mass is 32.2. The van der Waals surface area contributed by atoms with Gasteiger partial charge in [0.15, 0.2) is 0 Å². The van der Waals surface area contributed by atoms with Crippen LogP contribution in [0.25, 0.3) is 44.2 Å². The summed E-state index contributed by atoms with van der Waals surface area (Å²) in [5.74, 6) is 0.724. The van der Waals surface area contributed by atoms with Crippen LogP contribution in [0.3, 0.4) is 0 Å². The van der Waals surface area contributed by atoms with Crippen LogP contribution in [0.4, 0.5) is 0 Å². The minimum atomic E-state index is -0.0689. The maximum Gasteiger partial charge on any atom is 0.0413 e. The molecule has 1 heterocycles. The Bertz CT molecular complexity index is 2010. The zero-order chi connectivity index (χ0) is 29.4. The lowest BCUT2D eigenvalue weighted by Gasteiger charge is -2.29. The van der Waals surface area contributed by atoms with Crippen LogP contribution in [0.1, 0.15) is 74.6 Å². The highest BCUT2D eigenvalue weighted by Gasteiger charge is 2.39. The van der Waals surface area contributed by atoms with Gasteiger partial charge in [0.25, 0.3) is 0 Å². The van der Waals surface area contributed by atoms with E-state index in [0.29, 0.717) is 5.25 Å². The molecule has 1 heteroatoms. The maximum absolute atomic E-state index is 2.53. The number of fused-ring (bicyclic) bond motifs is 7. The summed E-state index contributed by atoms with van der Waals surface area (Å²) >= 11 is 2.12. The van der Waals surface area contributed by atoms with E-state index in [9.17, 15) is 0 Å². The van der Waals surface area contributed by atoms with Gasteiger partial charge in [0.05, 0.1) is 0 Å². The van der Waals surface area contributed by atoms with Crippen LogP contribution < -0.4 is 0 Å². The van der Waals surface area contributed by atoms with Gasteiger partial charge in [-0.25, -0.2) is 0 Å². The van der Waals surface area contributed by atoms with Gasteiger partial charge in [0.1, 0.15) is 0 Å². The molecule has 2 atom stereocenters. The summed E-state index contributed by atoms with van der Waals surface area (Å²) in [6.45, 7) is 4.84. The number of benzene rings is 4. The first-order valence-corrected chi connectivity index (χ1v) is 17.4. The molecule has 5 aliphatic rings. The first-order chi connectivity index (χ1) is 21.6. The SMILES string of the molecule is CC1(C)c2cc(-c3ccc(C4=CCCC5C6=C(C=CCC6)SC45)cc3)ccc2-c2c1cc(C1=CCCC=C1)c1ccccc21. The molecule has 0 nitrogen and oxygen atoms in total. The Hall–Kier alpha value is -3.81. The van der Waals surface area contributed by atoms with E-state index < -0.39 is 0 Å². The van der Waals surface area contributed by atoms with Crippen LogP contribution in [-0.2, 0) is 5.41 Å². The molecule has 0 bridgehead atoms. The second-order valence-corrected chi connectivity index (χ2v) is 14.9. The molecule has 2 unspecified atom stereocenters. The van der Waals surface area contributed by atoms with E-state index in [4.69, 9.17) is 0 Å². The van der Waals surface area contributed by atoms with E-state index in [1.165, 1.54) is 86.5 Å². The third-order valence-corrected chi connectivity index (χ3v) is 12.4. The minimum Gasteiger partial charge on any atom is -0.117 e. The summed E-state index contributed by atoms with van der Waals surface area (Å²) in [5, 5.41) is 3.32. The molecule has 0 spiro atoms. The molecule has 0 saturated carbocycles. The van der Waals surface area contributed by atoms with E-state index in [1.54, 1.807) is 16.1 Å². The summed E-state index contributed by atoms with van der Waals surface area (Å²) in [5.41, 5.74) is 15.7. The van der Waals surface area contributed by atoms with Crippen LogP contribution in [0, 0.1) is 5.92 Å². The molecule has 1 aliphatic heterocycles. The van der Waals surface area contributed by atoms with E-state index >= 15 is 0 Å². The Morgan fingerprint density at radius 1 is 0.682 bits per heavy atom. The molecule has 4 aliphatic carbocycles. The minimum absolute atomic E-state index is 0.0689. The molecule has 4 aromatic rings. The van der Waals surface area contributed by atoms with Gasteiger partial charge in [0.2, 0.25) is 0 Å². The Morgan fingerprint density at radius 2 is 1.48 bits per heavy atom. The van der Waals surface area contributed by atoms with E-state index in [2.05, 4.69) is 135 Å². The number of rotatable bonds is 3. The van der Waals surface area contributed by atoms with Crippen molar-refractivity contribution in [2.45, 2.75) is 63.0 Å². The van der Waals surface area contributed by atoms with Crippen molar-refractivity contribution in [2.24, 2.45) is 5.92 Å². The lowest BCUT2D eigenvalue weighted by molar-refractivity contribution is 0.560. The van der Waals surface area contributed by atoms with Crippen LogP contribution in [0.2, 0.25) is 0 Å². The second kappa shape index (κ2) is 10.1. The quantitative estimate of drug-likeness (QED) is 0.230. The fourth-order valence-electron chi connectivity index (χ4n) is 8.64. The molecule has 0 radical (unpaired) electrons. The van der Waals surface area contributed by atoms with Crippen molar-refractivity contribution < 1.29 is 0 Å². The molecule has 0 fully saturated rings. The predicted molar refractivity (Wildman–Crippen MR) is 191 cm³/mol. The Labute approximate surface area is 266 Å². The van der Waals surface area contributed by atoms with Gasteiger partial charge >= 0.3 is 0 Å². The summed E-state index contributed by atoms with van der Waals surface area (Å²) < 4.78 is 0. The van der Waals surface area contributed by atoms with Gasteiger partial charge in [0, 0.05) is 15.6 Å². The standard InChI is InChI=1S/C43H38S/c1-43(2)38-25-30(27-19-21-29(22-20-27)31-16-10-17-35-33-14-8-9-18-40(33)44-42(31)35)23-24-36(38)41-34-15-7-6-13-32(34)37(26-39(41)43)28-11-4-3-5-12-28/h4,6-7,9,11-13,15-16,18-26,35,42H,3,5,8,10,14,17H2,1-2H3. The van der Waals surface area contributed by atoms with Gasteiger partial charge in [-0.05, 0) is 123 Å². The summed E-state index contributed by atoms with van der Waals surface area (Å²) in [4.78, 5) is 1.56. The molecular formula is C43H38S. The van der Waals surface area contributed by atoms with Crippen LogP contribution >= 0.6 is 11.8 Å². The van der Waals surface area contributed by atoms with Crippen LogP contribution in [0.5, 0.6) is 0 Å². The fraction of sp³-hybridized carbons (Fsp3) is 0.256. The number of hydrogen-bond donors (Lipinski definition) is 0. The first kappa shape index (κ1) is 26.6. The van der Waals surface area contributed by atoms with Gasteiger partial charge in [-0.1, -0.05) is 117 Å². The van der Waals surface area contributed by atoms with Gasteiger partial charge < -0.3 is 0 Å². The summed E-state index contributed by atoms with van der Waals surface area (Å²) in [6, 6.07) is 28.2. The molecule has 9 rings (SSSR count). The van der Waals surface area contributed by atoms with E-state index in [-0.39, 0.29) is 5.41 Å². The van der Waals surface area contributed by atoms with Gasteiger partial charge in [-0.3, -0.25) is 0 Å². The van der Waals surface area contributed by atoms with E-state index in [0.717, 1.165) is 18.8 Å². The molecule has 4 aromatic carbocycles. The van der Waals surface area contributed by atoms with Gasteiger partial charge in [-0.15, -0.1) is 11.8 Å². The molecule has 0 N–H and O–H groups in total. The van der Waals surface area contributed by atoms with Gasteiger partial charge in [-0.2, -0.15) is 0 Å². The average Bonchev–Trinajstić information content (AvgIpc) is 3.57. The summed E-state index contributed by atoms with van der Waals surface area (Å²) in [7, 11) is 0. The zero-order valence-corrected chi connectivity index (χ0v) is 26.5. The maximum atomic E-state index is 2.53. The number of allylic oxidation sites excluding steroid dienone is 8. The smallest absolute Gasteiger partial charge is 0.0413 e. The molecular weight excluding hydrogens is 549 g/mol. The highest BCUT2D eigenvalue weighted by molar-refractivity contribution is 8.04. The van der Waals surface area contributed by atoms with Crippen molar-refractivity contribution in [3.63, 3.8) is 0 Å². The zero-order valence-electron chi connectivity index (χ0n) is 25.7. The molecule has 0 amide bonds. The lowest BCUT2D eigenvalue weighted by Crippen LogP contribution is -2.20.